The topological polar surface area (TPSA) is 43.6 Å². The highest BCUT2D eigenvalue weighted by Gasteiger charge is 2.18. The van der Waals surface area contributed by atoms with Crippen LogP contribution in [-0.2, 0) is 0 Å². The number of halogens is 1. The molecule has 0 aliphatic carbocycles. The number of pyridine rings is 1. The van der Waals surface area contributed by atoms with Gasteiger partial charge in [0.25, 0.3) is 0 Å². The lowest BCUT2D eigenvalue weighted by molar-refractivity contribution is 0.628. The van der Waals surface area contributed by atoms with E-state index in [-0.39, 0.29) is 5.82 Å². The number of hydrogen-bond acceptors (Lipinski definition) is 4. The molecule has 4 nitrogen and oxygen atoms in total. The molecule has 2 aromatic carbocycles. The van der Waals surface area contributed by atoms with Gasteiger partial charge in [-0.15, -0.1) is 5.10 Å². The summed E-state index contributed by atoms with van der Waals surface area (Å²) < 4.78 is 15.1. The van der Waals surface area contributed by atoms with Gasteiger partial charge < -0.3 is 0 Å². The summed E-state index contributed by atoms with van der Waals surface area (Å²) in [6.07, 6.45) is 3.47. The number of nitrogens with zero attached hydrogens (tertiary/aromatic N) is 4. The Bertz CT molecular complexity index is 1010. The Balaban J connectivity index is 1.81. The van der Waals surface area contributed by atoms with E-state index in [1.54, 1.807) is 28.6 Å². The number of benzene rings is 2. The van der Waals surface area contributed by atoms with Crippen LogP contribution in [0, 0.1) is 12.7 Å². The molecule has 4 aromatic rings. The van der Waals surface area contributed by atoms with Crippen molar-refractivity contribution in [3.05, 3.63) is 84.4 Å². The van der Waals surface area contributed by atoms with E-state index >= 15 is 0 Å². The molecular weight excluding hydrogens is 347 g/mol. The van der Waals surface area contributed by atoms with Crippen molar-refractivity contribution in [3.63, 3.8) is 0 Å². The van der Waals surface area contributed by atoms with Crippen molar-refractivity contribution in [1.82, 2.24) is 19.4 Å². The summed E-state index contributed by atoms with van der Waals surface area (Å²) in [5.74, 6) is -0.277. The average molecular weight is 362 g/mol. The van der Waals surface area contributed by atoms with Crippen LogP contribution in [0.1, 0.15) is 5.56 Å². The number of hydrogen-bond donors (Lipinski definition) is 0. The summed E-state index contributed by atoms with van der Waals surface area (Å²) in [6.45, 7) is 2.05. The molecule has 0 aliphatic rings. The van der Waals surface area contributed by atoms with Gasteiger partial charge in [0.15, 0.2) is 0 Å². The van der Waals surface area contributed by atoms with Gasteiger partial charge in [-0.2, -0.15) is 4.09 Å². The highest BCUT2D eigenvalue weighted by Crippen LogP contribution is 2.34. The van der Waals surface area contributed by atoms with Crippen molar-refractivity contribution in [2.75, 3.05) is 0 Å². The van der Waals surface area contributed by atoms with Crippen molar-refractivity contribution >= 4 is 11.9 Å². The highest BCUT2D eigenvalue weighted by molar-refractivity contribution is 7.97. The minimum absolute atomic E-state index is 0.277. The minimum Gasteiger partial charge on any atom is -0.265 e. The van der Waals surface area contributed by atoms with Crippen LogP contribution in [0.25, 0.3) is 22.5 Å². The highest BCUT2D eigenvalue weighted by atomic mass is 32.2. The van der Waals surface area contributed by atoms with Gasteiger partial charge in [0, 0.05) is 40.4 Å². The van der Waals surface area contributed by atoms with Crippen LogP contribution >= 0.6 is 11.9 Å². The van der Waals surface area contributed by atoms with Crippen LogP contribution in [0.2, 0.25) is 0 Å². The molecule has 128 valence electrons. The summed E-state index contributed by atoms with van der Waals surface area (Å²) in [5, 5.41) is 8.68. The Morgan fingerprint density at radius 3 is 2.23 bits per heavy atom. The van der Waals surface area contributed by atoms with Crippen molar-refractivity contribution < 1.29 is 4.39 Å². The zero-order chi connectivity index (χ0) is 17.9. The fraction of sp³-hybridized carbons (Fsp3) is 0.0500. The van der Waals surface area contributed by atoms with Gasteiger partial charge in [0.05, 0.1) is 0 Å². The molecule has 0 spiro atoms. The molecule has 0 saturated carbocycles. The average Bonchev–Trinajstić information content (AvgIpc) is 3.08. The Hall–Kier alpha value is -2.99. The first kappa shape index (κ1) is 16.5. The molecule has 0 N–H and O–H groups in total. The third kappa shape index (κ3) is 3.36. The molecule has 0 radical (unpaired) electrons. The smallest absolute Gasteiger partial charge is 0.123 e. The SMILES string of the molecule is Cc1ccc(Sn2nnc(-c3ccc(F)cc3)c2-c2ccncc2)cc1. The maximum Gasteiger partial charge on any atom is 0.123 e. The van der Waals surface area contributed by atoms with E-state index in [2.05, 4.69) is 46.5 Å². The second-order valence-electron chi connectivity index (χ2n) is 5.81. The first-order chi connectivity index (χ1) is 12.7. The standard InChI is InChI=1S/C20H15FN4S/c1-14-2-8-18(9-3-14)26-25-20(16-10-12-22-13-11-16)19(23-24-25)15-4-6-17(21)7-5-15/h2-13H,1H3. The van der Waals surface area contributed by atoms with Crippen LogP contribution in [0.15, 0.2) is 78.0 Å². The third-order valence-electron chi connectivity index (χ3n) is 3.93. The van der Waals surface area contributed by atoms with Crippen LogP contribution in [-0.4, -0.2) is 19.4 Å². The molecule has 0 aliphatic heterocycles. The lowest BCUT2D eigenvalue weighted by atomic mass is 10.1. The van der Waals surface area contributed by atoms with Gasteiger partial charge in [0.2, 0.25) is 0 Å². The fourth-order valence-corrected chi connectivity index (χ4v) is 3.40. The van der Waals surface area contributed by atoms with Gasteiger partial charge in [-0.1, -0.05) is 22.9 Å². The van der Waals surface area contributed by atoms with Crippen molar-refractivity contribution in [2.45, 2.75) is 11.8 Å². The van der Waals surface area contributed by atoms with Crippen molar-refractivity contribution in [3.8, 4) is 22.5 Å². The molecule has 6 heteroatoms. The van der Waals surface area contributed by atoms with Gasteiger partial charge in [-0.3, -0.25) is 4.98 Å². The van der Waals surface area contributed by atoms with Crippen LogP contribution in [0.4, 0.5) is 4.39 Å². The summed E-state index contributed by atoms with van der Waals surface area (Å²) in [6, 6.07) is 18.3. The van der Waals surface area contributed by atoms with E-state index < -0.39 is 0 Å². The van der Waals surface area contributed by atoms with Gasteiger partial charge in [0.1, 0.15) is 17.2 Å². The minimum atomic E-state index is -0.277. The van der Waals surface area contributed by atoms with Crippen molar-refractivity contribution in [2.24, 2.45) is 0 Å². The molecule has 0 saturated heterocycles. The first-order valence-electron chi connectivity index (χ1n) is 8.08. The van der Waals surface area contributed by atoms with Gasteiger partial charge >= 0.3 is 0 Å². The molecule has 0 atom stereocenters. The molecule has 0 amide bonds. The Kier molecular flexibility index (Phi) is 4.50. The van der Waals surface area contributed by atoms with Crippen LogP contribution in [0.3, 0.4) is 0 Å². The fourth-order valence-electron chi connectivity index (χ4n) is 2.59. The van der Waals surface area contributed by atoms with E-state index in [1.165, 1.54) is 29.6 Å². The van der Waals surface area contributed by atoms with Gasteiger partial charge in [-0.25, -0.2) is 4.39 Å². The van der Waals surface area contributed by atoms with E-state index in [9.17, 15) is 4.39 Å². The van der Waals surface area contributed by atoms with E-state index in [1.807, 2.05) is 12.1 Å². The zero-order valence-corrected chi connectivity index (χ0v) is 14.8. The predicted octanol–water partition coefficient (Wildman–Crippen LogP) is 5.01. The molecule has 2 heterocycles. The molecule has 26 heavy (non-hydrogen) atoms. The summed E-state index contributed by atoms with van der Waals surface area (Å²) >= 11 is 1.48. The van der Waals surface area contributed by atoms with E-state index in [0.717, 1.165) is 21.7 Å². The molecule has 4 rings (SSSR count). The largest absolute Gasteiger partial charge is 0.265 e. The maximum atomic E-state index is 13.3. The van der Waals surface area contributed by atoms with Crippen LogP contribution in [0.5, 0.6) is 0 Å². The summed E-state index contributed by atoms with van der Waals surface area (Å²) in [7, 11) is 0. The molecule has 0 fully saturated rings. The second-order valence-corrected chi connectivity index (χ2v) is 6.81. The van der Waals surface area contributed by atoms with E-state index in [0.29, 0.717) is 5.69 Å². The third-order valence-corrected chi connectivity index (χ3v) is 4.84. The molecule has 0 bridgehead atoms. The molecular formula is C20H15FN4S. The Morgan fingerprint density at radius 2 is 1.54 bits per heavy atom. The number of aromatic nitrogens is 4. The second kappa shape index (κ2) is 7.09. The number of rotatable bonds is 4. The maximum absolute atomic E-state index is 13.3. The quantitative estimate of drug-likeness (QED) is 0.512. The van der Waals surface area contributed by atoms with E-state index in [4.69, 9.17) is 0 Å². The number of aryl methyl sites for hydroxylation is 1. The normalized spacial score (nSPS) is 10.8. The predicted molar refractivity (Wildman–Crippen MR) is 101 cm³/mol. The first-order valence-corrected chi connectivity index (χ1v) is 8.85. The zero-order valence-electron chi connectivity index (χ0n) is 14.0. The molecule has 0 unspecified atom stereocenters. The van der Waals surface area contributed by atoms with Crippen molar-refractivity contribution in [1.29, 1.82) is 0 Å². The van der Waals surface area contributed by atoms with Gasteiger partial charge in [-0.05, 0) is 55.5 Å². The summed E-state index contributed by atoms with van der Waals surface area (Å²) in [4.78, 5) is 5.14. The Labute approximate surface area is 154 Å². The lowest BCUT2D eigenvalue weighted by Crippen LogP contribution is -1.94. The monoisotopic (exact) mass is 362 g/mol. The van der Waals surface area contributed by atoms with Crippen LogP contribution < -0.4 is 0 Å². The molecule has 2 aromatic heterocycles. The Morgan fingerprint density at radius 1 is 0.846 bits per heavy atom. The lowest BCUT2D eigenvalue weighted by Gasteiger charge is -2.08. The summed E-state index contributed by atoms with van der Waals surface area (Å²) in [5.41, 5.74) is 4.52.